The van der Waals surface area contributed by atoms with Crippen LogP contribution in [0.3, 0.4) is 0 Å². The number of furan rings is 1. The van der Waals surface area contributed by atoms with Crippen LogP contribution in [0.25, 0.3) is 11.3 Å². The third kappa shape index (κ3) is 2.03. The molecule has 0 spiro atoms. The summed E-state index contributed by atoms with van der Waals surface area (Å²) in [5, 5.41) is 0. The van der Waals surface area contributed by atoms with E-state index in [1.807, 2.05) is 19.9 Å². The molecule has 0 aliphatic rings. The van der Waals surface area contributed by atoms with Crippen molar-refractivity contribution >= 4 is 5.78 Å². The number of aromatic nitrogens is 1. The van der Waals surface area contributed by atoms with Gasteiger partial charge in [-0.3, -0.25) is 9.78 Å². The Labute approximate surface area is 94.1 Å². The van der Waals surface area contributed by atoms with Gasteiger partial charge in [0.2, 0.25) is 0 Å². The van der Waals surface area contributed by atoms with Gasteiger partial charge in [-0.25, -0.2) is 0 Å². The number of rotatable bonds is 3. The van der Waals surface area contributed by atoms with E-state index in [2.05, 4.69) is 4.98 Å². The molecule has 0 fully saturated rings. The summed E-state index contributed by atoms with van der Waals surface area (Å²) in [5.41, 5.74) is 1.97. The molecule has 0 N–H and O–H groups in total. The maximum absolute atomic E-state index is 11.4. The van der Waals surface area contributed by atoms with Crippen molar-refractivity contribution in [3.8, 4) is 11.3 Å². The van der Waals surface area contributed by atoms with Gasteiger partial charge in [0.05, 0.1) is 0 Å². The van der Waals surface area contributed by atoms with Crippen LogP contribution in [-0.4, -0.2) is 10.8 Å². The van der Waals surface area contributed by atoms with Gasteiger partial charge in [0, 0.05) is 24.4 Å². The van der Waals surface area contributed by atoms with E-state index in [9.17, 15) is 4.79 Å². The van der Waals surface area contributed by atoms with Gasteiger partial charge in [-0.15, -0.1) is 0 Å². The lowest BCUT2D eigenvalue weighted by Crippen LogP contribution is -1.92. The maximum atomic E-state index is 11.4. The molecular weight excluding hydrogens is 202 g/mol. The van der Waals surface area contributed by atoms with Gasteiger partial charge in [0.25, 0.3) is 0 Å². The quantitative estimate of drug-likeness (QED) is 0.738. The smallest absolute Gasteiger partial charge is 0.197 e. The maximum Gasteiger partial charge on any atom is 0.197 e. The number of carbonyl (C=O) groups is 1. The van der Waals surface area contributed by atoms with Crippen molar-refractivity contribution in [1.82, 2.24) is 4.98 Å². The average molecular weight is 215 g/mol. The zero-order valence-corrected chi connectivity index (χ0v) is 9.36. The van der Waals surface area contributed by atoms with Crippen molar-refractivity contribution in [1.29, 1.82) is 0 Å². The Balaban J connectivity index is 2.35. The minimum Gasteiger partial charge on any atom is -0.453 e. The zero-order valence-electron chi connectivity index (χ0n) is 9.36. The van der Waals surface area contributed by atoms with E-state index in [1.165, 1.54) is 0 Å². The van der Waals surface area contributed by atoms with Crippen LogP contribution in [0.15, 0.2) is 35.0 Å². The largest absolute Gasteiger partial charge is 0.453 e. The molecule has 0 unspecified atom stereocenters. The van der Waals surface area contributed by atoms with Gasteiger partial charge >= 0.3 is 0 Å². The summed E-state index contributed by atoms with van der Waals surface area (Å²) in [4.78, 5) is 15.5. The Morgan fingerprint density at radius 3 is 2.88 bits per heavy atom. The molecule has 0 aromatic carbocycles. The van der Waals surface area contributed by atoms with Crippen molar-refractivity contribution in [2.24, 2.45) is 0 Å². The highest BCUT2D eigenvalue weighted by Gasteiger charge is 2.10. The lowest BCUT2D eigenvalue weighted by Gasteiger charge is -1.97. The van der Waals surface area contributed by atoms with Crippen molar-refractivity contribution in [3.05, 3.63) is 41.9 Å². The van der Waals surface area contributed by atoms with Crippen LogP contribution >= 0.6 is 0 Å². The first kappa shape index (κ1) is 10.6. The third-order valence-corrected chi connectivity index (χ3v) is 2.36. The van der Waals surface area contributed by atoms with Gasteiger partial charge in [0.1, 0.15) is 5.76 Å². The molecular formula is C13H13NO2. The highest BCUT2D eigenvalue weighted by molar-refractivity contribution is 5.93. The Kier molecular flexibility index (Phi) is 2.86. The third-order valence-electron chi connectivity index (χ3n) is 2.36. The van der Waals surface area contributed by atoms with Crippen molar-refractivity contribution in [2.75, 3.05) is 0 Å². The van der Waals surface area contributed by atoms with E-state index in [1.54, 1.807) is 24.5 Å². The molecule has 0 radical (unpaired) electrons. The summed E-state index contributed by atoms with van der Waals surface area (Å²) in [6, 6.07) is 5.49. The fraction of sp³-hybridized carbons (Fsp3) is 0.231. The fourth-order valence-electron chi connectivity index (χ4n) is 1.51. The van der Waals surface area contributed by atoms with E-state index in [0.29, 0.717) is 17.9 Å². The number of hydrogen-bond acceptors (Lipinski definition) is 3. The highest BCUT2D eigenvalue weighted by atomic mass is 16.3. The molecule has 2 heterocycles. The molecule has 2 aromatic rings. The van der Waals surface area contributed by atoms with Gasteiger partial charge in [-0.1, -0.05) is 6.92 Å². The Bertz CT molecular complexity index is 514. The van der Waals surface area contributed by atoms with Gasteiger partial charge < -0.3 is 4.42 Å². The summed E-state index contributed by atoms with van der Waals surface area (Å²) >= 11 is 0. The van der Waals surface area contributed by atoms with Crippen LogP contribution in [-0.2, 0) is 0 Å². The number of aryl methyl sites for hydroxylation is 1. The first-order valence-electron chi connectivity index (χ1n) is 5.25. The van der Waals surface area contributed by atoms with Crippen molar-refractivity contribution < 1.29 is 9.21 Å². The molecule has 0 saturated carbocycles. The number of ketones is 1. The minimum absolute atomic E-state index is 0.0202. The van der Waals surface area contributed by atoms with Gasteiger partial charge in [-0.2, -0.15) is 0 Å². The lowest BCUT2D eigenvalue weighted by molar-refractivity contribution is 0.0962. The number of pyridine rings is 1. The molecule has 0 aliphatic carbocycles. The van der Waals surface area contributed by atoms with Gasteiger partial charge in [0.15, 0.2) is 11.5 Å². The SMILES string of the molecule is CCC(=O)c1ccc(-c2cncc(C)c2)o1. The lowest BCUT2D eigenvalue weighted by atomic mass is 10.2. The van der Waals surface area contributed by atoms with Crippen LogP contribution < -0.4 is 0 Å². The highest BCUT2D eigenvalue weighted by Crippen LogP contribution is 2.22. The normalized spacial score (nSPS) is 10.4. The molecule has 0 aliphatic heterocycles. The van der Waals surface area contributed by atoms with E-state index in [4.69, 9.17) is 4.42 Å². The first-order valence-corrected chi connectivity index (χ1v) is 5.25. The van der Waals surface area contributed by atoms with Crippen LogP contribution in [0.1, 0.15) is 29.5 Å². The number of carbonyl (C=O) groups excluding carboxylic acids is 1. The molecule has 3 nitrogen and oxygen atoms in total. The molecule has 0 saturated heterocycles. The van der Waals surface area contributed by atoms with Crippen molar-refractivity contribution in [2.45, 2.75) is 20.3 Å². The zero-order chi connectivity index (χ0) is 11.5. The molecule has 3 heteroatoms. The van der Waals surface area contributed by atoms with Crippen LogP contribution in [0.5, 0.6) is 0 Å². The average Bonchev–Trinajstić information content (AvgIpc) is 2.77. The second kappa shape index (κ2) is 4.31. The molecule has 82 valence electrons. The summed E-state index contributed by atoms with van der Waals surface area (Å²) in [6.45, 7) is 3.79. The topological polar surface area (TPSA) is 43.1 Å². The fourth-order valence-corrected chi connectivity index (χ4v) is 1.51. The summed E-state index contributed by atoms with van der Waals surface area (Å²) in [5.74, 6) is 1.12. The monoisotopic (exact) mass is 215 g/mol. The van der Waals surface area contributed by atoms with E-state index < -0.39 is 0 Å². The number of hydrogen-bond donors (Lipinski definition) is 0. The Morgan fingerprint density at radius 1 is 1.38 bits per heavy atom. The molecule has 0 bridgehead atoms. The molecule has 0 amide bonds. The molecule has 16 heavy (non-hydrogen) atoms. The predicted molar refractivity (Wildman–Crippen MR) is 61.3 cm³/mol. The van der Waals surface area contributed by atoms with Crippen LogP contribution in [0.2, 0.25) is 0 Å². The number of Topliss-reactive ketones (excluding diaryl/α,β-unsaturated/α-hetero) is 1. The second-order valence-corrected chi connectivity index (χ2v) is 3.69. The Morgan fingerprint density at radius 2 is 2.19 bits per heavy atom. The second-order valence-electron chi connectivity index (χ2n) is 3.69. The summed E-state index contributed by atoms with van der Waals surface area (Å²) in [7, 11) is 0. The summed E-state index contributed by atoms with van der Waals surface area (Å²) < 4.78 is 5.49. The molecule has 2 aromatic heterocycles. The van der Waals surface area contributed by atoms with Crippen LogP contribution in [0.4, 0.5) is 0 Å². The van der Waals surface area contributed by atoms with E-state index in [-0.39, 0.29) is 5.78 Å². The van der Waals surface area contributed by atoms with Crippen molar-refractivity contribution in [3.63, 3.8) is 0 Å². The predicted octanol–water partition coefficient (Wildman–Crippen LogP) is 3.24. The van der Waals surface area contributed by atoms with E-state index >= 15 is 0 Å². The number of nitrogens with zero attached hydrogens (tertiary/aromatic N) is 1. The van der Waals surface area contributed by atoms with Crippen LogP contribution in [0, 0.1) is 6.92 Å². The molecule has 0 atom stereocenters. The minimum atomic E-state index is 0.0202. The first-order chi connectivity index (χ1) is 7.70. The molecule has 2 rings (SSSR count). The van der Waals surface area contributed by atoms with Gasteiger partial charge in [-0.05, 0) is 30.7 Å². The summed E-state index contributed by atoms with van der Waals surface area (Å²) in [6.07, 6.45) is 3.97. The van der Waals surface area contributed by atoms with E-state index in [0.717, 1.165) is 11.1 Å². The standard InChI is InChI=1S/C13H13NO2/c1-3-11(15)13-5-4-12(16-13)10-6-9(2)7-14-8-10/h4-8H,3H2,1-2H3. The Hall–Kier alpha value is -1.90.